The number of aromatic nitrogens is 2. The maximum absolute atomic E-state index is 13.2. The minimum absolute atomic E-state index is 0.225. The lowest BCUT2D eigenvalue weighted by molar-refractivity contribution is -0.0500. The number of fused-ring (bicyclic) bond motifs is 3. The third-order valence-corrected chi connectivity index (χ3v) is 9.68. The van der Waals surface area contributed by atoms with Crippen LogP contribution in [0.5, 0.6) is 5.75 Å². The summed E-state index contributed by atoms with van der Waals surface area (Å²) in [6, 6.07) is 8.51. The zero-order valence-corrected chi connectivity index (χ0v) is 24.6. The molecule has 2 aliphatic carbocycles. The highest BCUT2D eigenvalue weighted by molar-refractivity contribution is 7.88. The number of nitrogens with zero attached hydrogens (tertiary/aromatic N) is 2. The van der Waals surface area contributed by atoms with Crippen molar-refractivity contribution in [1.29, 1.82) is 0 Å². The second kappa shape index (κ2) is 9.89. The van der Waals surface area contributed by atoms with Gasteiger partial charge in [0.1, 0.15) is 17.2 Å². The van der Waals surface area contributed by atoms with E-state index in [0.29, 0.717) is 29.9 Å². The summed E-state index contributed by atoms with van der Waals surface area (Å²) in [4.78, 5) is 22.7. The number of ether oxygens (including phenoxy) is 1. The Bertz CT molecular complexity index is 1650. The van der Waals surface area contributed by atoms with Crippen molar-refractivity contribution in [1.82, 2.24) is 14.9 Å². The van der Waals surface area contributed by atoms with Crippen LogP contribution in [-0.4, -0.2) is 47.0 Å². The van der Waals surface area contributed by atoms with Crippen molar-refractivity contribution in [2.24, 2.45) is 0 Å². The average Bonchev–Trinajstić information content (AvgIpc) is 3.69. The summed E-state index contributed by atoms with van der Waals surface area (Å²) >= 11 is 0. The van der Waals surface area contributed by atoms with Gasteiger partial charge in [-0.3, -0.25) is 4.90 Å². The maximum atomic E-state index is 13.2. The van der Waals surface area contributed by atoms with Crippen LogP contribution in [0.4, 0.5) is 18.0 Å². The van der Waals surface area contributed by atoms with Gasteiger partial charge in [0.2, 0.25) is 0 Å². The molecule has 1 saturated heterocycles. The van der Waals surface area contributed by atoms with Gasteiger partial charge in [-0.05, 0) is 99.6 Å². The van der Waals surface area contributed by atoms with Gasteiger partial charge in [-0.25, -0.2) is 9.78 Å². The number of benzene rings is 2. The fraction of sp³-hybridized carbons (Fsp3) is 0.533. The Morgan fingerprint density at radius 2 is 1.81 bits per heavy atom. The topological polar surface area (TPSA) is 102 Å². The Morgan fingerprint density at radius 3 is 2.50 bits per heavy atom. The molecule has 12 heteroatoms. The monoisotopic (exact) mass is 605 g/mol. The van der Waals surface area contributed by atoms with Gasteiger partial charge in [-0.2, -0.15) is 21.6 Å². The van der Waals surface area contributed by atoms with Crippen LogP contribution in [0, 0.1) is 0 Å². The summed E-state index contributed by atoms with van der Waals surface area (Å²) in [5.41, 5.74) is -1.95. The van der Waals surface area contributed by atoms with Gasteiger partial charge in [-0.1, -0.05) is 25.0 Å². The molecule has 1 atom stereocenters. The molecule has 1 saturated carbocycles. The van der Waals surface area contributed by atoms with E-state index >= 15 is 0 Å². The Kier molecular flexibility index (Phi) is 6.79. The smallest absolute Gasteiger partial charge is 0.444 e. The first-order valence-corrected chi connectivity index (χ1v) is 15.8. The molecule has 8 nitrogen and oxygen atoms in total. The molecule has 3 aliphatic rings. The van der Waals surface area contributed by atoms with Gasteiger partial charge in [0.15, 0.2) is 0 Å². The van der Waals surface area contributed by atoms with Crippen molar-refractivity contribution in [2.45, 2.75) is 94.7 Å². The lowest BCUT2D eigenvalue weighted by Crippen LogP contribution is -2.36. The Labute approximate surface area is 242 Å². The molecule has 2 fully saturated rings. The lowest BCUT2D eigenvalue weighted by Gasteiger charge is -2.27. The van der Waals surface area contributed by atoms with E-state index in [1.165, 1.54) is 6.07 Å². The first-order valence-electron chi connectivity index (χ1n) is 14.3. The van der Waals surface area contributed by atoms with Crippen molar-refractivity contribution in [3.8, 4) is 16.9 Å². The van der Waals surface area contributed by atoms with Crippen LogP contribution in [0.15, 0.2) is 30.3 Å². The van der Waals surface area contributed by atoms with Crippen molar-refractivity contribution >= 4 is 27.2 Å². The van der Waals surface area contributed by atoms with Gasteiger partial charge in [0.05, 0.1) is 17.1 Å². The molecular formula is C30H34F3N3O5S. The summed E-state index contributed by atoms with van der Waals surface area (Å²) in [7, 11) is -5.80. The van der Waals surface area contributed by atoms with Crippen LogP contribution in [-0.2, 0) is 26.7 Å². The molecule has 1 N–H and O–H groups in total. The number of halogens is 3. The number of hydrogen-bond donors (Lipinski definition) is 1. The molecule has 0 bridgehead atoms. The molecule has 6 rings (SSSR count). The fourth-order valence-electron chi connectivity index (χ4n) is 6.95. The number of rotatable bonds is 4. The summed E-state index contributed by atoms with van der Waals surface area (Å²) in [6.45, 7) is 6.07. The van der Waals surface area contributed by atoms with E-state index in [0.717, 1.165) is 67.2 Å². The number of alkyl halides is 3. The third kappa shape index (κ3) is 5.01. The Balaban J connectivity index is 1.37. The number of likely N-dealkylation sites (tertiary alicyclic amines) is 1. The van der Waals surface area contributed by atoms with E-state index in [-0.39, 0.29) is 23.3 Å². The highest BCUT2D eigenvalue weighted by Gasteiger charge is 2.51. The van der Waals surface area contributed by atoms with Gasteiger partial charge in [0, 0.05) is 12.1 Å². The quantitative estimate of drug-likeness (QED) is 0.248. The van der Waals surface area contributed by atoms with Crippen LogP contribution in [0.2, 0.25) is 0 Å². The van der Waals surface area contributed by atoms with E-state index in [1.807, 2.05) is 39.0 Å². The molecule has 2 aromatic carbocycles. The Morgan fingerprint density at radius 1 is 1.07 bits per heavy atom. The summed E-state index contributed by atoms with van der Waals surface area (Å²) in [5, 5.41) is 0. The van der Waals surface area contributed by atoms with Crippen LogP contribution < -0.4 is 4.18 Å². The molecule has 2 heterocycles. The highest BCUT2D eigenvalue weighted by Crippen LogP contribution is 2.56. The molecule has 1 unspecified atom stereocenters. The van der Waals surface area contributed by atoms with Crippen molar-refractivity contribution in [3.63, 3.8) is 0 Å². The second-order valence-electron chi connectivity index (χ2n) is 12.6. The first kappa shape index (κ1) is 28.8. The van der Waals surface area contributed by atoms with E-state index in [2.05, 4.69) is 4.98 Å². The molecule has 1 aromatic heterocycles. The average molecular weight is 606 g/mol. The molecular weight excluding hydrogens is 571 g/mol. The number of imidazole rings is 1. The summed E-state index contributed by atoms with van der Waals surface area (Å²) < 4.78 is 74.0. The lowest BCUT2D eigenvalue weighted by atomic mass is 9.79. The van der Waals surface area contributed by atoms with E-state index in [4.69, 9.17) is 13.9 Å². The van der Waals surface area contributed by atoms with Crippen molar-refractivity contribution in [3.05, 3.63) is 47.3 Å². The van der Waals surface area contributed by atoms with Gasteiger partial charge in [-0.15, -0.1) is 0 Å². The second-order valence-corrected chi connectivity index (χ2v) is 14.2. The first-order chi connectivity index (χ1) is 19.7. The van der Waals surface area contributed by atoms with Gasteiger partial charge in [0.25, 0.3) is 0 Å². The number of aromatic amines is 1. The normalized spacial score (nSPS) is 20.4. The van der Waals surface area contributed by atoms with Crippen LogP contribution in [0.1, 0.15) is 88.7 Å². The van der Waals surface area contributed by atoms with E-state index in [1.54, 1.807) is 11.0 Å². The fourth-order valence-corrected chi connectivity index (χ4v) is 7.42. The summed E-state index contributed by atoms with van der Waals surface area (Å²) in [6.07, 6.45) is 5.98. The standard InChI is InChI=1S/C30H34F3N3O5S/c1-28(2,3)40-27(37)36-16-6-7-23(36)26-34-21-10-8-18(17-22(21)35-26)19-9-11-24(41-42(38,39)30(31,32)33)25-20(19)12-15-29(25)13-4-5-14-29/h8-11,17,23H,4-7,12-16H2,1-3H3,(H,34,35). The van der Waals surface area contributed by atoms with Crippen LogP contribution in [0.3, 0.4) is 0 Å². The predicted molar refractivity (Wildman–Crippen MR) is 151 cm³/mol. The molecule has 226 valence electrons. The molecule has 1 amide bonds. The number of carbonyl (C=O) groups is 1. The predicted octanol–water partition coefficient (Wildman–Crippen LogP) is 7.29. The van der Waals surface area contributed by atoms with Crippen molar-refractivity contribution < 1.29 is 35.3 Å². The molecule has 0 radical (unpaired) electrons. The minimum Gasteiger partial charge on any atom is -0.444 e. The molecule has 3 aromatic rings. The SMILES string of the molecule is CC(C)(C)OC(=O)N1CCCC1c1nc2cc(-c3ccc(OS(=O)(=O)C(F)(F)F)c4c3CCC43CCCC3)ccc2[nH]1. The zero-order valence-electron chi connectivity index (χ0n) is 23.8. The zero-order chi connectivity index (χ0) is 30.1. The Hall–Kier alpha value is -3.28. The summed E-state index contributed by atoms with van der Waals surface area (Å²) in [5.74, 6) is 0.443. The number of nitrogens with one attached hydrogen (secondary N) is 1. The number of hydrogen-bond acceptors (Lipinski definition) is 6. The number of carbonyl (C=O) groups excluding carboxylic acids is 1. The molecule has 1 spiro atoms. The minimum atomic E-state index is -5.80. The van der Waals surface area contributed by atoms with Gasteiger partial charge >= 0.3 is 21.7 Å². The van der Waals surface area contributed by atoms with E-state index in [9.17, 15) is 26.4 Å². The maximum Gasteiger partial charge on any atom is 0.534 e. The number of amides is 1. The van der Waals surface area contributed by atoms with E-state index < -0.39 is 21.2 Å². The van der Waals surface area contributed by atoms with Crippen molar-refractivity contribution in [2.75, 3.05) is 6.54 Å². The largest absolute Gasteiger partial charge is 0.534 e. The van der Waals surface area contributed by atoms with Crippen LogP contribution in [0.25, 0.3) is 22.2 Å². The molecule has 1 aliphatic heterocycles. The number of H-pyrrole nitrogens is 1. The van der Waals surface area contributed by atoms with Crippen LogP contribution >= 0.6 is 0 Å². The molecule has 42 heavy (non-hydrogen) atoms. The highest BCUT2D eigenvalue weighted by atomic mass is 32.2. The van der Waals surface area contributed by atoms with Gasteiger partial charge < -0.3 is 13.9 Å². The third-order valence-electron chi connectivity index (χ3n) is 8.71.